The van der Waals surface area contributed by atoms with Crippen LogP contribution in [0.4, 0.5) is 0 Å². The monoisotopic (exact) mass is 231 g/mol. The molecule has 0 aromatic heterocycles. The average Bonchev–Trinajstić information content (AvgIpc) is 2.76. The van der Waals surface area contributed by atoms with Crippen LogP contribution >= 0.6 is 0 Å². The van der Waals surface area contributed by atoms with Crippen LogP contribution in [0, 0.1) is 0 Å². The van der Waals surface area contributed by atoms with Crippen molar-refractivity contribution in [2.45, 2.75) is 25.9 Å². The average molecular weight is 231 g/mol. The van der Waals surface area contributed by atoms with E-state index in [4.69, 9.17) is 14.2 Å². The van der Waals surface area contributed by atoms with Gasteiger partial charge >= 0.3 is 5.97 Å². The molecule has 1 heterocycles. The standard InChI is InChI=1S/C11H21NO4/c1-2-15-11(13)9-14-7-5-12-8-10-4-3-6-16-10/h10,12H,2-9H2,1H3. The summed E-state index contributed by atoms with van der Waals surface area (Å²) in [5.41, 5.74) is 0. The number of carbonyl (C=O) groups excluding carboxylic acids is 1. The molecule has 0 aromatic carbocycles. The normalized spacial score (nSPS) is 19.9. The zero-order valence-corrected chi connectivity index (χ0v) is 9.87. The summed E-state index contributed by atoms with van der Waals surface area (Å²) in [6.07, 6.45) is 2.65. The zero-order valence-electron chi connectivity index (χ0n) is 9.87. The molecule has 1 aliphatic heterocycles. The fourth-order valence-corrected chi connectivity index (χ4v) is 1.57. The Balaban J connectivity index is 1.82. The first kappa shape index (κ1) is 13.4. The molecule has 0 saturated carbocycles. The van der Waals surface area contributed by atoms with E-state index in [1.54, 1.807) is 6.92 Å². The predicted octanol–water partition coefficient (Wildman–Crippen LogP) is 0.335. The second-order valence-electron chi connectivity index (χ2n) is 3.70. The second kappa shape index (κ2) is 8.50. The number of ether oxygens (including phenoxy) is 3. The van der Waals surface area contributed by atoms with Gasteiger partial charge in [-0.3, -0.25) is 0 Å². The van der Waals surface area contributed by atoms with E-state index in [-0.39, 0.29) is 12.6 Å². The summed E-state index contributed by atoms with van der Waals surface area (Å²) in [6.45, 7) is 5.22. The molecular formula is C11H21NO4. The van der Waals surface area contributed by atoms with E-state index in [2.05, 4.69) is 5.32 Å². The van der Waals surface area contributed by atoms with Gasteiger partial charge in [-0.15, -0.1) is 0 Å². The molecule has 0 spiro atoms. The Kier molecular flexibility index (Phi) is 7.12. The molecule has 1 rings (SSSR count). The van der Waals surface area contributed by atoms with E-state index in [1.165, 1.54) is 0 Å². The van der Waals surface area contributed by atoms with Crippen molar-refractivity contribution in [3.63, 3.8) is 0 Å². The van der Waals surface area contributed by atoms with Gasteiger partial charge in [-0.25, -0.2) is 4.79 Å². The number of esters is 1. The molecule has 5 nitrogen and oxygen atoms in total. The highest BCUT2D eigenvalue weighted by atomic mass is 16.6. The molecule has 1 atom stereocenters. The van der Waals surface area contributed by atoms with Gasteiger partial charge in [0, 0.05) is 19.7 Å². The van der Waals surface area contributed by atoms with Crippen LogP contribution in [0.2, 0.25) is 0 Å². The van der Waals surface area contributed by atoms with Crippen molar-refractivity contribution >= 4 is 5.97 Å². The molecular weight excluding hydrogens is 210 g/mol. The lowest BCUT2D eigenvalue weighted by Crippen LogP contribution is -2.29. The Morgan fingerprint density at radius 3 is 3.12 bits per heavy atom. The largest absolute Gasteiger partial charge is 0.464 e. The number of hydrogen-bond donors (Lipinski definition) is 1. The Hall–Kier alpha value is -0.650. The van der Waals surface area contributed by atoms with E-state index in [9.17, 15) is 4.79 Å². The van der Waals surface area contributed by atoms with Crippen molar-refractivity contribution in [2.75, 3.05) is 39.5 Å². The van der Waals surface area contributed by atoms with Gasteiger partial charge in [0.05, 0.1) is 19.3 Å². The summed E-state index contributed by atoms with van der Waals surface area (Å²) in [4.78, 5) is 10.9. The minimum atomic E-state index is -0.304. The summed E-state index contributed by atoms with van der Waals surface area (Å²) in [5.74, 6) is -0.304. The van der Waals surface area contributed by atoms with E-state index in [0.717, 1.165) is 32.5 Å². The molecule has 5 heteroatoms. The molecule has 94 valence electrons. The molecule has 0 amide bonds. The van der Waals surface area contributed by atoms with Crippen LogP contribution in [0.1, 0.15) is 19.8 Å². The topological polar surface area (TPSA) is 56.8 Å². The van der Waals surface area contributed by atoms with Crippen molar-refractivity contribution in [2.24, 2.45) is 0 Å². The molecule has 1 saturated heterocycles. The van der Waals surface area contributed by atoms with Crippen LogP contribution in [-0.4, -0.2) is 51.6 Å². The Morgan fingerprint density at radius 1 is 1.56 bits per heavy atom. The van der Waals surface area contributed by atoms with Crippen LogP contribution in [0.3, 0.4) is 0 Å². The second-order valence-corrected chi connectivity index (χ2v) is 3.70. The highest BCUT2D eigenvalue weighted by Crippen LogP contribution is 2.10. The van der Waals surface area contributed by atoms with Crippen LogP contribution in [0.25, 0.3) is 0 Å². The van der Waals surface area contributed by atoms with E-state index in [0.29, 0.717) is 19.3 Å². The van der Waals surface area contributed by atoms with Crippen LogP contribution < -0.4 is 5.32 Å². The Morgan fingerprint density at radius 2 is 2.44 bits per heavy atom. The summed E-state index contributed by atoms with van der Waals surface area (Å²) in [7, 11) is 0. The SMILES string of the molecule is CCOC(=O)COCCNCC1CCCO1. The molecule has 0 aliphatic carbocycles. The molecule has 0 bridgehead atoms. The zero-order chi connectivity index (χ0) is 11.6. The number of rotatable bonds is 8. The summed E-state index contributed by atoms with van der Waals surface area (Å²) < 4.78 is 15.3. The van der Waals surface area contributed by atoms with Crippen molar-refractivity contribution in [1.29, 1.82) is 0 Å². The van der Waals surface area contributed by atoms with Gasteiger partial charge in [-0.05, 0) is 19.8 Å². The first-order chi connectivity index (χ1) is 7.83. The molecule has 1 N–H and O–H groups in total. The summed E-state index contributed by atoms with van der Waals surface area (Å²) >= 11 is 0. The molecule has 1 fully saturated rings. The smallest absolute Gasteiger partial charge is 0.332 e. The minimum Gasteiger partial charge on any atom is -0.464 e. The highest BCUT2D eigenvalue weighted by molar-refractivity contribution is 5.70. The fourth-order valence-electron chi connectivity index (χ4n) is 1.57. The van der Waals surface area contributed by atoms with E-state index in [1.807, 2.05) is 0 Å². The van der Waals surface area contributed by atoms with E-state index >= 15 is 0 Å². The summed E-state index contributed by atoms with van der Waals surface area (Å²) in [6, 6.07) is 0. The molecule has 1 unspecified atom stereocenters. The van der Waals surface area contributed by atoms with Crippen LogP contribution in [-0.2, 0) is 19.0 Å². The molecule has 16 heavy (non-hydrogen) atoms. The molecule has 0 radical (unpaired) electrons. The van der Waals surface area contributed by atoms with Gasteiger partial charge in [0.25, 0.3) is 0 Å². The van der Waals surface area contributed by atoms with E-state index < -0.39 is 0 Å². The Bertz CT molecular complexity index is 192. The first-order valence-electron chi connectivity index (χ1n) is 5.88. The maximum Gasteiger partial charge on any atom is 0.332 e. The van der Waals surface area contributed by atoms with Crippen molar-refractivity contribution in [1.82, 2.24) is 5.32 Å². The van der Waals surface area contributed by atoms with Gasteiger partial charge in [0.2, 0.25) is 0 Å². The lowest BCUT2D eigenvalue weighted by atomic mass is 10.2. The number of hydrogen-bond acceptors (Lipinski definition) is 5. The van der Waals surface area contributed by atoms with Gasteiger partial charge in [0.15, 0.2) is 0 Å². The lowest BCUT2D eigenvalue weighted by Gasteiger charge is -2.10. The van der Waals surface area contributed by atoms with Gasteiger partial charge in [-0.2, -0.15) is 0 Å². The third-order valence-electron chi connectivity index (χ3n) is 2.34. The van der Waals surface area contributed by atoms with Crippen molar-refractivity contribution in [3.05, 3.63) is 0 Å². The highest BCUT2D eigenvalue weighted by Gasteiger charge is 2.14. The quantitative estimate of drug-likeness (QED) is 0.482. The number of nitrogens with one attached hydrogen (secondary N) is 1. The molecule has 0 aromatic rings. The number of carbonyl (C=O) groups is 1. The van der Waals surface area contributed by atoms with Crippen LogP contribution in [0.5, 0.6) is 0 Å². The van der Waals surface area contributed by atoms with Crippen molar-refractivity contribution < 1.29 is 19.0 Å². The minimum absolute atomic E-state index is 0.0372. The fraction of sp³-hybridized carbons (Fsp3) is 0.909. The first-order valence-corrected chi connectivity index (χ1v) is 5.88. The van der Waals surface area contributed by atoms with Crippen molar-refractivity contribution in [3.8, 4) is 0 Å². The van der Waals surface area contributed by atoms with Crippen LogP contribution in [0.15, 0.2) is 0 Å². The third-order valence-corrected chi connectivity index (χ3v) is 2.34. The summed E-state index contributed by atoms with van der Waals surface area (Å²) in [5, 5.41) is 3.23. The lowest BCUT2D eigenvalue weighted by molar-refractivity contribution is -0.148. The predicted molar refractivity (Wildman–Crippen MR) is 59.3 cm³/mol. The maximum atomic E-state index is 10.9. The van der Waals surface area contributed by atoms with Gasteiger partial charge in [-0.1, -0.05) is 0 Å². The Labute approximate surface area is 96.4 Å². The third kappa shape index (κ3) is 6.05. The van der Waals surface area contributed by atoms with Gasteiger partial charge < -0.3 is 19.5 Å². The van der Waals surface area contributed by atoms with Gasteiger partial charge in [0.1, 0.15) is 6.61 Å². The maximum absolute atomic E-state index is 10.9. The molecule has 1 aliphatic rings.